The van der Waals surface area contributed by atoms with Crippen LogP contribution in [0.5, 0.6) is 11.5 Å². The van der Waals surface area contributed by atoms with E-state index in [9.17, 15) is 0 Å². The fourth-order valence-corrected chi connectivity index (χ4v) is 3.83. The number of halogens is 1. The van der Waals surface area contributed by atoms with Gasteiger partial charge in [-0.2, -0.15) is 0 Å². The van der Waals surface area contributed by atoms with E-state index in [-0.39, 0.29) is 37.2 Å². The first-order chi connectivity index (χ1) is 13.0. The Morgan fingerprint density at radius 2 is 1.89 bits per heavy atom. The molecule has 6 nitrogen and oxygen atoms in total. The van der Waals surface area contributed by atoms with E-state index in [4.69, 9.17) is 19.6 Å². The second kappa shape index (κ2) is 13.1. The number of aliphatic imine (C=N–C) groups is 1. The minimum absolute atomic E-state index is 0. The number of nitrogens with one attached hydrogen (secondary N) is 2. The third-order valence-electron chi connectivity index (χ3n) is 4.86. The summed E-state index contributed by atoms with van der Waals surface area (Å²) < 4.78 is 10.9. The van der Waals surface area contributed by atoms with Crippen LogP contribution in [0.3, 0.4) is 0 Å². The zero-order valence-corrected chi connectivity index (χ0v) is 19.9. The largest absolute Gasteiger partial charge is 0.493 e. The van der Waals surface area contributed by atoms with E-state index in [1.165, 1.54) is 19.3 Å². The molecule has 0 saturated heterocycles. The van der Waals surface area contributed by atoms with Gasteiger partial charge in [-0.1, -0.05) is 19.9 Å². The van der Waals surface area contributed by atoms with Gasteiger partial charge in [-0.15, -0.1) is 24.0 Å². The van der Waals surface area contributed by atoms with Gasteiger partial charge in [0.1, 0.15) is 6.61 Å². The molecule has 2 atom stereocenters. The molecular weight excluding hydrogens is 469 g/mol. The van der Waals surface area contributed by atoms with Crippen molar-refractivity contribution in [1.82, 2.24) is 10.6 Å². The molecule has 2 rings (SSSR count). The Labute approximate surface area is 186 Å². The van der Waals surface area contributed by atoms with E-state index in [1.807, 2.05) is 18.2 Å². The van der Waals surface area contributed by atoms with Crippen LogP contribution >= 0.6 is 24.0 Å². The van der Waals surface area contributed by atoms with Gasteiger partial charge in [0.2, 0.25) is 0 Å². The summed E-state index contributed by atoms with van der Waals surface area (Å²) >= 11 is 0. The molecule has 0 aliphatic heterocycles. The molecule has 28 heavy (non-hydrogen) atoms. The highest BCUT2D eigenvalue weighted by Gasteiger charge is 2.24. The zero-order valence-electron chi connectivity index (χ0n) is 17.5. The van der Waals surface area contributed by atoms with Crippen molar-refractivity contribution < 1.29 is 14.6 Å². The summed E-state index contributed by atoms with van der Waals surface area (Å²) in [6.07, 6.45) is 3.70. The van der Waals surface area contributed by atoms with Crippen molar-refractivity contribution in [2.24, 2.45) is 16.8 Å². The maximum Gasteiger partial charge on any atom is 0.191 e. The molecule has 0 radical (unpaired) electrons. The lowest BCUT2D eigenvalue weighted by Gasteiger charge is -2.32. The Kier molecular flexibility index (Phi) is 11.6. The van der Waals surface area contributed by atoms with Crippen molar-refractivity contribution in [3.8, 4) is 11.5 Å². The SMILES string of the molecule is CCNC(=NCc1ccc(OCCO)c(OC)c1)NC1CC(C)CC(C)C1.I. The lowest BCUT2D eigenvalue weighted by molar-refractivity contribution is 0.196. The van der Waals surface area contributed by atoms with Gasteiger partial charge in [0, 0.05) is 12.6 Å². The first-order valence-electron chi connectivity index (χ1n) is 10.0. The second-order valence-corrected chi connectivity index (χ2v) is 7.51. The Bertz CT molecular complexity index is 603. The average Bonchev–Trinajstić information content (AvgIpc) is 2.64. The first-order valence-corrected chi connectivity index (χ1v) is 10.0. The molecule has 1 aromatic carbocycles. The van der Waals surface area contributed by atoms with E-state index >= 15 is 0 Å². The molecule has 0 heterocycles. The molecule has 2 unspecified atom stereocenters. The number of rotatable bonds is 8. The molecule has 1 aliphatic carbocycles. The van der Waals surface area contributed by atoms with Crippen molar-refractivity contribution in [3.63, 3.8) is 0 Å². The highest BCUT2D eigenvalue weighted by molar-refractivity contribution is 14.0. The quantitative estimate of drug-likeness (QED) is 0.286. The van der Waals surface area contributed by atoms with Crippen molar-refractivity contribution in [2.45, 2.75) is 52.6 Å². The summed E-state index contributed by atoms with van der Waals surface area (Å²) in [4.78, 5) is 4.75. The van der Waals surface area contributed by atoms with Crippen LogP contribution in [-0.2, 0) is 6.54 Å². The van der Waals surface area contributed by atoms with E-state index in [0.717, 1.165) is 29.9 Å². The molecule has 7 heteroatoms. The van der Waals surface area contributed by atoms with Gasteiger partial charge in [0.15, 0.2) is 17.5 Å². The van der Waals surface area contributed by atoms with Crippen molar-refractivity contribution in [3.05, 3.63) is 23.8 Å². The monoisotopic (exact) mass is 505 g/mol. The standard InChI is InChI=1S/C21H35N3O3.HI/c1-5-22-21(24-18-11-15(2)10-16(3)12-18)23-14-17-6-7-19(27-9-8-25)20(13-17)26-4;/h6-7,13,15-16,18,25H,5,8-12,14H2,1-4H3,(H2,22,23,24);1H. The van der Waals surface area contributed by atoms with Gasteiger partial charge in [0.25, 0.3) is 0 Å². The Morgan fingerprint density at radius 1 is 1.18 bits per heavy atom. The van der Waals surface area contributed by atoms with Crippen LogP contribution in [0, 0.1) is 11.8 Å². The smallest absolute Gasteiger partial charge is 0.191 e. The summed E-state index contributed by atoms with van der Waals surface area (Å²) in [5.41, 5.74) is 1.05. The lowest BCUT2D eigenvalue weighted by Crippen LogP contribution is -2.46. The van der Waals surface area contributed by atoms with Crippen molar-refractivity contribution in [1.29, 1.82) is 0 Å². The Morgan fingerprint density at radius 3 is 2.50 bits per heavy atom. The van der Waals surface area contributed by atoms with Crippen LogP contribution in [0.15, 0.2) is 23.2 Å². The number of hydrogen-bond donors (Lipinski definition) is 3. The number of aliphatic hydroxyl groups excluding tert-OH is 1. The summed E-state index contributed by atoms with van der Waals surface area (Å²) in [5, 5.41) is 15.9. The molecule has 1 aromatic rings. The van der Waals surface area contributed by atoms with Gasteiger partial charge in [0.05, 0.1) is 20.3 Å². The van der Waals surface area contributed by atoms with Crippen LogP contribution in [0.2, 0.25) is 0 Å². The van der Waals surface area contributed by atoms with E-state index in [1.54, 1.807) is 7.11 Å². The van der Waals surface area contributed by atoms with Crippen LogP contribution in [0.1, 0.15) is 45.6 Å². The molecule has 1 fully saturated rings. The van der Waals surface area contributed by atoms with E-state index in [0.29, 0.717) is 24.1 Å². The zero-order chi connectivity index (χ0) is 19.6. The summed E-state index contributed by atoms with van der Waals surface area (Å²) in [7, 11) is 1.62. The number of methoxy groups -OCH3 is 1. The topological polar surface area (TPSA) is 75.1 Å². The van der Waals surface area contributed by atoms with Crippen LogP contribution < -0.4 is 20.1 Å². The minimum atomic E-state index is -0.0225. The van der Waals surface area contributed by atoms with Gasteiger partial charge in [-0.05, 0) is 55.7 Å². The normalized spacial score (nSPS) is 22.2. The summed E-state index contributed by atoms with van der Waals surface area (Å²) in [6.45, 7) is 8.37. The molecule has 1 aliphatic rings. The van der Waals surface area contributed by atoms with Gasteiger partial charge in [-0.3, -0.25) is 0 Å². The number of hydrogen-bond acceptors (Lipinski definition) is 4. The van der Waals surface area contributed by atoms with Gasteiger partial charge in [-0.25, -0.2) is 4.99 Å². The number of aliphatic hydroxyl groups is 1. The third kappa shape index (κ3) is 8.03. The number of guanidine groups is 1. The molecule has 3 N–H and O–H groups in total. The van der Waals surface area contributed by atoms with Crippen molar-refractivity contribution >= 4 is 29.9 Å². The fourth-order valence-electron chi connectivity index (χ4n) is 3.83. The Hall–Kier alpha value is -1.22. The van der Waals surface area contributed by atoms with E-state index in [2.05, 4.69) is 31.4 Å². The minimum Gasteiger partial charge on any atom is -0.493 e. The molecule has 0 bridgehead atoms. The van der Waals surface area contributed by atoms with Gasteiger partial charge < -0.3 is 25.2 Å². The first kappa shape index (κ1) is 24.8. The van der Waals surface area contributed by atoms with E-state index < -0.39 is 0 Å². The van der Waals surface area contributed by atoms with Crippen LogP contribution in [0.4, 0.5) is 0 Å². The highest BCUT2D eigenvalue weighted by atomic mass is 127. The molecule has 160 valence electrons. The summed E-state index contributed by atoms with van der Waals surface area (Å²) in [5.74, 6) is 3.66. The number of ether oxygens (including phenoxy) is 2. The number of benzene rings is 1. The maximum atomic E-state index is 8.91. The third-order valence-corrected chi connectivity index (χ3v) is 4.86. The molecule has 0 aromatic heterocycles. The summed E-state index contributed by atoms with van der Waals surface area (Å²) in [6, 6.07) is 6.26. The predicted octanol–water partition coefficient (Wildman–Crippen LogP) is 3.56. The molecule has 0 spiro atoms. The lowest BCUT2D eigenvalue weighted by atomic mass is 9.80. The maximum absolute atomic E-state index is 8.91. The molecular formula is C21H36IN3O3. The average molecular weight is 505 g/mol. The fraction of sp³-hybridized carbons (Fsp3) is 0.667. The van der Waals surface area contributed by atoms with Crippen LogP contribution in [0.25, 0.3) is 0 Å². The van der Waals surface area contributed by atoms with Gasteiger partial charge >= 0.3 is 0 Å². The Balaban J connectivity index is 0.00000392. The predicted molar refractivity (Wildman–Crippen MR) is 125 cm³/mol. The molecule has 0 amide bonds. The second-order valence-electron chi connectivity index (χ2n) is 7.51. The molecule has 1 saturated carbocycles. The highest BCUT2D eigenvalue weighted by Crippen LogP contribution is 2.29. The van der Waals surface area contributed by atoms with Crippen LogP contribution in [-0.4, -0.2) is 44.0 Å². The number of nitrogens with zero attached hydrogens (tertiary/aromatic N) is 1. The van der Waals surface area contributed by atoms with Crippen molar-refractivity contribution in [2.75, 3.05) is 26.9 Å².